The van der Waals surface area contributed by atoms with Gasteiger partial charge in [-0.2, -0.15) is 5.10 Å². The Morgan fingerprint density at radius 3 is 2.69 bits per heavy atom. The highest BCUT2D eigenvalue weighted by Gasteiger charge is 2.25. The van der Waals surface area contributed by atoms with Crippen LogP contribution < -0.4 is 4.74 Å². The predicted octanol–water partition coefficient (Wildman–Crippen LogP) is 3.90. The van der Waals surface area contributed by atoms with Crippen LogP contribution >= 0.6 is 0 Å². The van der Waals surface area contributed by atoms with E-state index in [1.807, 2.05) is 46.1 Å². The first kappa shape index (κ1) is 19.2. The van der Waals surface area contributed by atoms with Crippen molar-refractivity contribution in [3.8, 4) is 5.88 Å². The molecule has 1 fully saturated rings. The molecule has 3 aromatic rings. The van der Waals surface area contributed by atoms with Gasteiger partial charge in [0.15, 0.2) is 0 Å². The molecule has 0 atom stereocenters. The number of nitrogens with zero attached hydrogens (tertiary/aromatic N) is 4. The molecule has 0 aliphatic carbocycles. The van der Waals surface area contributed by atoms with E-state index in [1.165, 1.54) is 5.56 Å². The van der Waals surface area contributed by atoms with E-state index in [-0.39, 0.29) is 5.91 Å². The summed E-state index contributed by atoms with van der Waals surface area (Å²) in [4.78, 5) is 19.1. The maximum Gasteiger partial charge on any atom is 0.254 e. The Labute approximate surface area is 171 Å². The van der Waals surface area contributed by atoms with Crippen molar-refractivity contribution < 1.29 is 9.53 Å². The number of hydrogen-bond donors (Lipinski definition) is 0. The maximum atomic E-state index is 12.9. The van der Waals surface area contributed by atoms with Crippen molar-refractivity contribution in [1.29, 1.82) is 0 Å². The number of piperidine rings is 1. The maximum absolute atomic E-state index is 12.9. The molecule has 1 saturated heterocycles. The Balaban J connectivity index is 1.35. The summed E-state index contributed by atoms with van der Waals surface area (Å²) in [5.74, 6) is 0.989. The van der Waals surface area contributed by atoms with E-state index in [2.05, 4.69) is 23.2 Å². The van der Waals surface area contributed by atoms with Crippen LogP contribution in [0.4, 0.5) is 0 Å². The van der Waals surface area contributed by atoms with Crippen molar-refractivity contribution >= 4 is 5.91 Å². The van der Waals surface area contributed by atoms with Crippen LogP contribution in [0.15, 0.2) is 61.1 Å². The molecule has 29 heavy (non-hydrogen) atoms. The van der Waals surface area contributed by atoms with Gasteiger partial charge in [0.2, 0.25) is 5.88 Å². The molecule has 0 bridgehead atoms. The summed E-state index contributed by atoms with van der Waals surface area (Å²) >= 11 is 0. The molecule has 0 N–H and O–H groups in total. The SMILES string of the molecule is CCn1cc(C2CCN(C(=O)c3ccnc(OCc4ccccc4)c3)CC2)cn1. The molecule has 1 amide bonds. The van der Waals surface area contributed by atoms with Gasteiger partial charge in [-0.15, -0.1) is 0 Å². The highest BCUT2D eigenvalue weighted by atomic mass is 16.5. The molecule has 1 aliphatic rings. The van der Waals surface area contributed by atoms with E-state index in [1.54, 1.807) is 18.3 Å². The first-order valence-corrected chi connectivity index (χ1v) is 10.2. The van der Waals surface area contributed by atoms with Gasteiger partial charge < -0.3 is 9.64 Å². The van der Waals surface area contributed by atoms with Crippen LogP contribution in [-0.2, 0) is 13.2 Å². The molecule has 0 unspecified atom stereocenters. The minimum Gasteiger partial charge on any atom is -0.473 e. The number of benzene rings is 1. The Bertz CT molecular complexity index is 946. The van der Waals surface area contributed by atoms with Crippen molar-refractivity contribution in [3.63, 3.8) is 0 Å². The Morgan fingerprint density at radius 1 is 1.17 bits per heavy atom. The van der Waals surface area contributed by atoms with Crippen molar-refractivity contribution in [2.75, 3.05) is 13.1 Å². The van der Waals surface area contributed by atoms with Crippen molar-refractivity contribution in [2.24, 2.45) is 0 Å². The number of ether oxygens (including phenoxy) is 1. The number of hydrogen-bond acceptors (Lipinski definition) is 4. The van der Waals surface area contributed by atoms with Crippen LogP contribution in [0.2, 0.25) is 0 Å². The van der Waals surface area contributed by atoms with Crippen LogP contribution in [0.5, 0.6) is 5.88 Å². The molecule has 2 aromatic heterocycles. The quantitative estimate of drug-likeness (QED) is 0.641. The van der Waals surface area contributed by atoms with Gasteiger partial charge in [0.25, 0.3) is 5.91 Å². The van der Waals surface area contributed by atoms with Crippen LogP contribution in [0, 0.1) is 0 Å². The number of aryl methyl sites for hydroxylation is 1. The number of pyridine rings is 1. The third-order valence-corrected chi connectivity index (χ3v) is 5.44. The minimum atomic E-state index is 0.0414. The fourth-order valence-corrected chi connectivity index (χ4v) is 3.71. The van der Waals surface area contributed by atoms with Gasteiger partial charge in [-0.05, 0) is 42.9 Å². The van der Waals surface area contributed by atoms with Crippen LogP contribution in [-0.4, -0.2) is 38.7 Å². The molecule has 0 radical (unpaired) electrons. The zero-order valence-electron chi connectivity index (χ0n) is 16.7. The minimum absolute atomic E-state index is 0.0414. The van der Waals surface area contributed by atoms with Gasteiger partial charge in [0, 0.05) is 43.7 Å². The fourth-order valence-electron chi connectivity index (χ4n) is 3.71. The molecule has 1 aliphatic heterocycles. The fraction of sp³-hybridized carbons (Fsp3) is 0.348. The van der Waals surface area contributed by atoms with E-state index in [0.717, 1.165) is 38.0 Å². The van der Waals surface area contributed by atoms with E-state index < -0.39 is 0 Å². The normalized spacial score (nSPS) is 14.7. The molecular formula is C23H26N4O2. The molecule has 3 heterocycles. The van der Waals surface area contributed by atoms with Crippen molar-refractivity contribution in [1.82, 2.24) is 19.7 Å². The Kier molecular flexibility index (Phi) is 5.89. The Hall–Kier alpha value is -3.15. The lowest BCUT2D eigenvalue weighted by atomic mass is 9.91. The van der Waals surface area contributed by atoms with E-state index >= 15 is 0 Å². The van der Waals surface area contributed by atoms with Gasteiger partial charge in [0.05, 0.1) is 6.20 Å². The number of rotatable bonds is 6. The molecule has 6 nitrogen and oxygen atoms in total. The molecule has 0 spiro atoms. The first-order valence-electron chi connectivity index (χ1n) is 10.2. The second-order valence-electron chi connectivity index (χ2n) is 7.35. The lowest BCUT2D eigenvalue weighted by Crippen LogP contribution is -2.37. The zero-order chi connectivity index (χ0) is 20.1. The molecule has 4 rings (SSSR count). The average Bonchev–Trinajstić information content (AvgIpc) is 3.28. The van der Waals surface area contributed by atoms with Crippen LogP contribution in [0.1, 0.15) is 47.2 Å². The monoisotopic (exact) mass is 390 g/mol. The average molecular weight is 390 g/mol. The van der Waals surface area contributed by atoms with Crippen LogP contribution in [0.25, 0.3) is 0 Å². The number of aromatic nitrogens is 3. The Morgan fingerprint density at radius 2 is 1.97 bits per heavy atom. The highest BCUT2D eigenvalue weighted by molar-refractivity contribution is 5.94. The van der Waals surface area contributed by atoms with Gasteiger partial charge in [-0.25, -0.2) is 4.98 Å². The van der Waals surface area contributed by atoms with Gasteiger partial charge in [-0.3, -0.25) is 9.48 Å². The molecule has 150 valence electrons. The van der Waals surface area contributed by atoms with Crippen molar-refractivity contribution in [3.05, 3.63) is 77.7 Å². The first-order chi connectivity index (χ1) is 14.2. The predicted molar refractivity (Wildman–Crippen MR) is 111 cm³/mol. The summed E-state index contributed by atoms with van der Waals surface area (Å²) in [6.45, 7) is 4.91. The van der Waals surface area contributed by atoms with Gasteiger partial charge in [-0.1, -0.05) is 30.3 Å². The van der Waals surface area contributed by atoms with Gasteiger partial charge in [0.1, 0.15) is 6.61 Å². The second-order valence-corrected chi connectivity index (χ2v) is 7.35. The third-order valence-electron chi connectivity index (χ3n) is 5.44. The number of amides is 1. The number of carbonyl (C=O) groups excluding carboxylic acids is 1. The number of likely N-dealkylation sites (tertiary alicyclic amines) is 1. The lowest BCUT2D eigenvalue weighted by Gasteiger charge is -2.31. The number of carbonyl (C=O) groups is 1. The van der Waals surface area contributed by atoms with E-state index in [4.69, 9.17) is 4.74 Å². The van der Waals surface area contributed by atoms with Crippen molar-refractivity contribution in [2.45, 2.75) is 38.8 Å². The topological polar surface area (TPSA) is 60.2 Å². The summed E-state index contributed by atoms with van der Waals surface area (Å²) in [6, 6.07) is 13.4. The second kappa shape index (κ2) is 8.90. The zero-order valence-corrected chi connectivity index (χ0v) is 16.7. The molecular weight excluding hydrogens is 364 g/mol. The lowest BCUT2D eigenvalue weighted by molar-refractivity contribution is 0.0712. The third kappa shape index (κ3) is 4.65. The van der Waals surface area contributed by atoms with E-state index in [9.17, 15) is 4.79 Å². The summed E-state index contributed by atoms with van der Waals surface area (Å²) < 4.78 is 7.73. The summed E-state index contributed by atoms with van der Waals surface area (Å²) in [5, 5.41) is 4.38. The standard InChI is InChI=1S/C23H26N4O2/c1-2-27-16-21(15-25-27)19-9-12-26(13-10-19)23(28)20-8-11-24-22(14-20)29-17-18-6-4-3-5-7-18/h3-8,11,14-16,19H,2,9-10,12-13,17H2,1H3. The largest absolute Gasteiger partial charge is 0.473 e. The summed E-state index contributed by atoms with van der Waals surface area (Å²) in [5.41, 5.74) is 2.97. The molecule has 0 saturated carbocycles. The van der Waals surface area contributed by atoms with Crippen LogP contribution in [0.3, 0.4) is 0 Å². The smallest absolute Gasteiger partial charge is 0.254 e. The molecule has 1 aromatic carbocycles. The highest BCUT2D eigenvalue weighted by Crippen LogP contribution is 2.28. The summed E-state index contributed by atoms with van der Waals surface area (Å²) in [6.07, 6.45) is 7.65. The molecule has 6 heteroatoms. The summed E-state index contributed by atoms with van der Waals surface area (Å²) in [7, 11) is 0. The van der Waals surface area contributed by atoms with E-state index in [0.29, 0.717) is 24.0 Å². The van der Waals surface area contributed by atoms with Gasteiger partial charge >= 0.3 is 0 Å².